The summed E-state index contributed by atoms with van der Waals surface area (Å²) in [4.78, 5) is 0. The van der Waals surface area contributed by atoms with E-state index in [-0.39, 0.29) is 18.4 Å². The number of benzene rings is 1. The zero-order valence-corrected chi connectivity index (χ0v) is 11.1. The Morgan fingerprint density at radius 3 is 2.67 bits per heavy atom. The molecule has 1 atom stereocenters. The van der Waals surface area contributed by atoms with Crippen molar-refractivity contribution in [3.63, 3.8) is 0 Å². The lowest BCUT2D eigenvalue weighted by Gasteiger charge is -2.16. The smallest absolute Gasteiger partial charge is 0.124 e. The number of ether oxygens (including phenoxy) is 1. The van der Waals surface area contributed by atoms with Gasteiger partial charge in [-0.25, -0.2) is 0 Å². The number of hydrogen-bond acceptors (Lipinski definition) is 4. The number of hydrogen-bond donors (Lipinski definition) is 3. The van der Waals surface area contributed by atoms with E-state index in [0.717, 1.165) is 31.4 Å². The summed E-state index contributed by atoms with van der Waals surface area (Å²) in [7, 11) is 1.58. The van der Waals surface area contributed by atoms with Gasteiger partial charge in [-0.1, -0.05) is 6.07 Å². The lowest BCUT2D eigenvalue weighted by molar-refractivity contribution is 0.282. The fourth-order valence-corrected chi connectivity index (χ4v) is 1.86. The van der Waals surface area contributed by atoms with Crippen molar-refractivity contribution in [1.29, 1.82) is 0 Å². The van der Waals surface area contributed by atoms with Gasteiger partial charge in [0.1, 0.15) is 11.5 Å². The van der Waals surface area contributed by atoms with Crippen molar-refractivity contribution in [2.45, 2.75) is 32.2 Å². The maximum absolute atomic E-state index is 9.88. The van der Waals surface area contributed by atoms with E-state index in [1.54, 1.807) is 13.2 Å². The molecule has 1 aromatic rings. The van der Waals surface area contributed by atoms with Gasteiger partial charge >= 0.3 is 0 Å². The lowest BCUT2D eigenvalue weighted by atomic mass is 10.1. The number of phenols is 1. The molecule has 1 aromatic carbocycles. The minimum atomic E-state index is 0.102. The molecule has 0 aliphatic carbocycles. The van der Waals surface area contributed by atoms with Crippen LogP contribution in [0, 0.1) is 0 Å². The fourth-order valence-electron chi connectivity index (χ4n) is 1.86. The summed E-state index contributed by atoms with van der Waals surface area (Å²) in [6.45, 7) is 3.16. The first-order chi connectivity index (χ1) is 8.69. The molecule has 0 fully saturated rings. The molecule has 0 radical (unpaired) electrons. The van der Waals surface area contributed by atoms with Gasteiger partial charge in [-0.3, -0.25) is 0 Å². The Labute approximate surface area is 109 Å². The third-order valence-corrected chi connectivity index (χ3v) is 2.99. The predicted molar refractivity (Wildman–Crippen MR) is 72.0 cm³/mol. The zero-order chi connectivity index (χ0) is 13.4. The van der Waals surface area contributed by atoms with Crippen LogP contribution in [0.1, 0.15) is 37.8 Å². The molecule has 18 heavy (non-hydrogen) atoms. The Bertz CT molecular complexity index is 355. The van der Waals surface area contributed by atoms with Gasteiger partial charge < -0.3 is 20.3 Å². The van der Waals surface area contributed by atoms with Crippen molar-refractivity contribution in [3.8, 4) is 11.5 Å². The Hall–Kier alpha value is -1.26. The number of unbranched alkanes of at least 4 members (excludes halogenated alkanes) is 2. The second-order valence-electron chi connectivity index (χ2n) is 4.38. The van der Waals surface area contributed by atoms with E-state index in [1.807, 2.05) is 19.1 Å². The largest absolute Gasteiger partial charge is 0.507 e. The Balaban J connectivity index is 2.43. The standard InChI is InChI=1S/C14H23NO3/c1-11(15-8-4-3-5-9-16)13-7-6-12(18-2)10-14(13)17/h6-7,10-11,15-17H,3-5,8-9H2,1-2H3. The SMILES string of the molecule is COc1ccc(C(C)NCCCCCO)c(O)c1. The van der Waals surface area contributed by atoms with Gasteiger partial charge in [0.05, 0.1) is 7.11 Å². The molecular formula is C14H23NO3. The first kappa shape index (κ1) is 14.8. The summed E-state index contributed by atoms with van der Waals surface area (Å²) in [5, 5.41) is 21.9. The number of aliphatic hydroxyl groups excluding tert-OH is 1. The van der Waals surface area contributed by atoms with Crippen LogP contribution in [0.15, 0.2) is 18.2 Å². The van der Waals surface area contributed by atoms with Crippen LogP contribution < -0.4 is 10.1 Å². The van der Waals surface area contributed by atoms with Crippen molar-refractivity contribution in [1.82, 2.24) is 5.32 Å². The summed E-state index contributed by atoms with van der Waals surface area (Å²) in [6, 6.07) is 5.45. The highest BCUT2D eigenvalue weighted by atomic mass is 16.5. The van der Waals surface area contributed by atoms with E-state index in [4.69, 9.17) is 9.84 Å². The van der Waals surface area contributed by atoms with Crippen LogP contribution in [0.2, 0.25) is 0 Å². The fraction of sp³-hybridized carbons (Fsp3) is 0.571. The molecule has 0 amide bonds. The third-order valence-electron chi connectivity index (χ3n) is 2.99. The second kappa shape index (κ2) is 7.95. The van der Waals surface area contributed by atoms with E-state index >= 15 is 0 Å². The highest BCUT2D eigenvalue weighted by Gasteiger charge is 2.10. The number of methoxy groups -OCH3 is 1. The molecule has 4 heteroatoms. The van der Waals surface area contributed by atoms with E-state index in [2.05, 4.69) is 5.32 Å². The zero-order valence-electron chi connectivity index (χ0n) is 11.1. The van der Waals surface area contributed by atoms with Crippen LogP contribution in [0.25, 0.3) is 0 Å². The van der Waals surface area contributed by atoms with Gasteiger partial charge in [0, 0.05) is 24.3 Å². The van der Waals surface area contributed by atoms with Crippen LogP contribution in [0.3, 0.4) is 0 Å². The van der Waals surface area contributed by atoms with Crippen molar-refractivity contribution >= 4 is 0 Å². The summed E-state index contributed by atoms with van der Waals surface area (Å²) in [5.74, 6) is 0.913. The number of aliphatic hydroxyl groups is 1. The summed E-state index contributed by atoms with van der Waals surface area (Å²) < 4.78 is 5.05. The van der Waals surface area contributed by atoms with E-state index in [9.17, 15) is 5.11 Å². The number of nitrogens with one attached hydrogen (secondary N) is 1. The highest BCUT2D eigenvalue weighted by Crippen LogP contribution is 2.28. The molecule has 0 saturated heterocycles. The molecular weight excluding hydrogens is 230 g/mol. The lowest BCUT2D eigenvalue weighted by Crippen LogP contribution is -2.20. The third kappa shape index (κ3) is 4.55. The van der Waals surface area contributed by atoms with Crippen LogP contribution >= 0.6 is 0 Å². The Kier molecular flexibility index (Phi) is 6.54. The van der Waals surface area contributed by atoms with Crippen molar-refractivity contribution in [2.75, 3.05) is 20.3 Å². The van der Waals surface area contributed by atoms with Crippen molar-refractivity contribution in [2.24, 2.45) is 0 Å². The predicted octanol–water partition coefficient (Wildman–Crippen LogP) is 2.21. The Morgan fingerprint density at radius 1 is 1.28 bits per heavy atom. The van der Waals surface area contributed by atoms with Crippen molar-refractivity contribution < 1.29 is 14.9 Å². The molecule has 0 heterocycles. The number of phenolic OH excluding ortho intramolecular Hbond substituents is 1. The van der Waals surface area contributed by atoms with Gasteiger partial charge in [0.15, 0.2) is 0 Å². The molecule has 4 nitrogen and oxygen atoms in total. The number of aromatic hydroxyl groups is 1. The van der Waals surface area contributed by atoms with Crippen molar-refractivity contribution in [3.05, 3.63) is 23.8 Å². The molecule has 1 unspecified atom stereocenters. The second-order valence-corrected chi connectivity index (χ2v) is 4.38. The minimum Gasteiger partial charge on any atom is -0.507 e. The molecule has 3 N–H and O–H groups in total. The molecule has 0 saturated carbocycles. The topological polar surface area (TPSA) is 61.7 Å². The molecule has 1 rings (SSSR count). The van der Waals surface area contributed by atoms with Gasteiger partial charge in [0.2, 0.25) is 0 Å². The van der Waals surface area contributed by atoms with Gasteiger partial charge in [-0.15, -0.1) is 0 Å². The quantitative estimate of drug-likeness (QED) is 0.622. The average Bonchev–Trinajstić information content (AvgIpc) is 2.38. The highest BCUT2D eigenvalue weighted by molar-refractivity contribution is 5.41. The van der Waals surface area contributed by atoms with E-state index < -0.39 is 0 Å². The summed E-state index contributed by atoms with van der Waals surface area (Å²) >= 11 is 0. The molecule has 102 valence electrons. The van der Waals surface area contributed by atoms with Gasteiger partial charge in [0.25, 0.3) is 0 Å². The van der Waals surface area contributed by atoms with Crippen LogP contribution in [-0.4, -0.2) is 30.5 Å². The molecule has 0 aliphatic heterocycles. The first-order valence-electron chi connectivity index (χ1n) is 6.40. The Morgan fingerprint density at radius 2 is 2.06 bits per heavy atom. The molecule has 0 spiro atoms. The van der Waals surface area contributed by atoms with Crippen LogP contribution in [-0.2, 0) is 0 Å². The minimum absolute atomic E-state index is 0.102. The molecule has 0 bridgehead atoms. The average molecular weight is 253 g/mol. The number of rotatable bonds is 8. The molecule has 0 aromatic heterocycles. The normalized spacial score (nSPS) is 12.4. The first-order valence-corrected chi connectivity index (χ1v) is 6.40. The van der Waals surface area contributed by atoms with Gasteiger partial charge in [-0.2, -0.15) is 0 Å². The summed E-state index contributed by atoms with van der Waals surface area (Å²) in [5.41, 5.74) is 0.873. The van der Waals surface area contributed by atoms with Crippen LogP contribution in [0.4, 0.5) is 0 Å². The maximum atomic E-state index is 9.88. The monoisotopic (exact) mass is 253 g/mol. The molecule has 0 aliphatic rings. The van der Waals surface area contributed by atoms with Crippen LogP contribution in [0.5, 0.6) is 11.5 Å². The van der Waals surface area contributed by atoms with E-state index in [1.165, 1.54) is 0 Å². The maximum Gasteiger partial charge on any atom is 0.124 e. The van der Waals surface area contributed by atoms with E-state index in [0.29, 0.717) is 5.75 Å². The summed E-state index contributed by atoms with van der Waals surface area (Å²) in [6.07, 6.45) is 2.90. The van der Waals surface area contributed by atoms with Gasteiger partial charge in [-0.05, 0) is 38.8 Å².